The van der Waals surface area contributed by atoms with Gasteiger partial charge in [-0.3, -0.25) is 0 Å². The van der Waals surface area contributed by atoms with Gasteiger partial charge in [0.05, 0.1) is 28.7 Å². The van der Waals surface area contributed by atoms with Crippen LogP contribution in [0.15, 0.2) is 121 Å². The predicted molar refractivity (Wildman–Crippen MR) is 137 cm³/mol. The quantitative estimate of drug-likeness (QED) is 0.279. The van der Waals surface area contributed by atoms with Gasteiger partial charge in [0.2, 0.25) is 0 Å². The van der Waals surface area contributed by atoms with Crippen molar-refractivity contribution in [3.05, 3.63) is 127 Å². The number of benzene rings is 5. The number of para-hydroxylation sites is 4. The van der Waals surface area contributed by atoms with E-state index in [1.807, 2.05) is 84.9 Å². The summed E-state index contributed by atoms with van der Waals surface area (Å²) >= 11 is 0. The molecule has 0 N–H and O–H groups in total. The third kappa shape index (κ3) is 3.30. The van der Waals surface area contributed by atoms with Crippen LogP contribution in [-0.4, -0.2) is 0 Å². The maximum atomic E-state index is 9.91. The summed E-state index contributed by atoms with van der Waals surface area (Å²) in [4.78, 5) is 2.26. The van der Waals surface area contributed by atoms with E-state index in [0.29, 0.717) is 5.56 Å². The minimum absolute atomic E-state index is 0.622. The van der Waals surface area contributed by atoms with E-state index in [4.69, 9.17) is 4.74 Å². The Labute approximate surface area is 198 Å². The summed E-state index contributed by atoms with van der Waals surface area (Å²) in [6.45, 7) is 0. The van der Waals surface area contributed by atoms with Crippen molar-refractivity contribution < 1.29 is 4.74 Å². The minimum atomic E-state index is 0.622. The number of rotatable bonds is 3. The van der Waals surface area contributed by atoms with Crippen LogP contribution in [0.1, 0.15) is 5.56 Å². The zero-order chi connectivity index (χ0) is 22.9. The van der Waals surface area contributed by atoms with Crippen molar-refractivity contribution >= 4 is 17.1 Å². The Kier molecular flexibility index (Phi) is 4.83. The van der Waals surface area contributed by atoms with Gasteiger partial charge in [0.15, 0.2) is 11.5 Å². The van der Waals surface area contributed by atoms with E-state index >= 15 is 0 Å². The monoisotopic (exact) mass is 436 g/mol. The Morgan fingerprint density at radius 1 is 0.559 bits per heavy atom. The molecule has 1 aliphatic rings. The highest BCUT2D eigenvalue weighted by Crippen LogP contribution is 2.54. The van der Waals surface area contributed by atoms with Crippen LogP contribution in [-0.2, 0) is 0 Å². The van der Waals surface area contributed by atoms with Crippen molar-refractivity contribution in [1.82, 2.24) is 0 Å². The number of ether oxygens (including phenoxy) is 1. The number of nitriles is 1. The van der Waals surface area contributed by atoms with Gasteiger partial charge in [0.1, 0.15) is 0 Å². The maximum Gasteiger partial charge on any atom is 0.151 e. The Bertz CT molecular complexity index is 1430. The van der Waals surface area contributed by atoms with Crippen LogP contribution < -0.4 is 9.64 Å². The third-order valence-corrected chi connectivity index (χ3v) is 6.06. The number of fused-ring (bicyclic) bond motifs is 2. The maximum absolute atomic E-state index is 9.91. The standard InChI is InChI=1S/C31H20N2O/c32-21-22-19-25(23-11-3-1-4-12-23)31(26(20-22)24-13-5-2-6-14-24)33-27-15-7-9-17-29(27)34-30-18-10-8-16-28(30)33/h1-20H. The van der Waals surface area contributed by atoms with Gasteiger partial charge >= 0.3 is 0 Å². The van der Waals surface area contributed by atoms with Gasteiger partial charge in [-0.05, 0) is 47.5 Å². The average Bonchev–Trinajstić information content (AvgIpc) is 2.92. The third-order valence-electron chi connectivity index (χ3n) is 6.06. The molecule has 0 radical (unpaired) electrons. The minimum Gasteiger partial charge on any atom is -0.453 e. The van der Waals surface area contributed by atoms with E-state index in [1.54, 1.807) is 0 Å². The van der Waals surface area contributed by atoms with Crippen LogP contribution in [0.4, 0.5) is 17.1 Å². The molecular formula is C31H20N2O. The van der Waals surface area contributed by atoms with Crippen molar-refractivity contribution in [2.45, 2.75) is 0 Å². The highest BCUT2D eigenvalue weighted by Gasteiger charge is 2.29. The molecule has 3 nitrogen and oxygen atoms in total. The molecule has 0 atom stereocenters. The summed E-state index contributed by atoms with van der Waals surface area (Å²) in [5.74, 6) is 1.59. The van der Waals surface area contributed by atoms with Crippen molar-refractivity contribution in [3.63, 3.8) is 0 Å². The molecule has 0 fully saturated rings. The number of nitrogens with zero attached hydrogens (tertiary/aromatic N) is 2. The van der Waals surface area contributed by atoms with Gasteiger partial charge < -0.3 is 9.64 Å². The van der Waals surface area contributed by atoms with Crippen LogP contribution in [0.25, 0.3) is 22.3 Å². The normalized spacial score (nSPS) is 11.7. The van der Waals surface area contributed by atoms with Crippen molar-refractivity contribution in [1.29, 1.82) is 5.26 Å². The Morgan fingerprint density at radius 3 is 1.47 bits per heavy atom. The molecule has 6 rings (SSSR count). The first-order valence-electron chi connectivity index (χ1n) is 11.2. The number of hydrogen-bond acceptors (Lipinski definition) is 3. The molecule has 5 aromatic rings. The summed E-state index contributed by atoms with van der Waals surface area (Å²) < 4.78 is 6.27. The van der Waals surface area contributed by atoms with Gasteiger partial charge in [-0.25, -0.2) is 0 Å². The molecule has 5 aromatic carbocycles. The smallest absolute Gasteiger partial charge is 0.151 e. The largest absolute Gasteiger partial charge is 0.453 e. The summed E-state index contributed by atoms with van der Waals surface area (Å²) in [7, 11) is 0. The van der Waals surface area contributed by atoms with Crippen LogP contribution in [0.5, 0.6) is 11.5 Å². The second-order valence-electron chi connectivity index (χ2n) is 8.14. The fourth-order valence-electron chi connectivity index (χ4n) is 4.56. The van der Waals surface area contributed by atoms with Gasteiger partial charge in [0.25, 0.3) is 0 Å². The molecule has 0 aromatic heterocycles. The lowest BCUT2D eigenvalue weighted by Gasteiger charge is -2.35. The highest BCUT2D eigenvalue weighted by molar-refractivity contribution is 6.00. The lowest BCUT2D eigenvalue weighted by atomic mass is 9.91. The Morgan fingerprint density at radius 2 is 1.00 bits per heavy atom. The molecule has 0 unspecified atom stereocenters. The van der Waals surface area contributed by atoms with Gasteiger partial charge in [-0.2, -0.15) is 5.26 Å². The van der Waals surface area contributed by atoms with E-state index in [9.17, 15) is 5.26 Å². The summed E-state index contributed by atoms with van der Waals surface area (Å²) in [5, 5.41) is 9.91. The van der Waals surface area contributed by atoms with E-state index < -0.39 is 0 Å². The lowest BCUT2D eigenvalue weighted by molar-refractivity contribution is 0.477. The molecule has 0 amide bonds. The molecule has 0 aliphatic carbocycles. The first kappa shape index (κ1) is 19.8. The molecular weight excluding hydrogens is 416 g/mol. The first-order chi connectivity index (χ1) is 16.8. The van der Waals surface area contributed by atoms with Crippen molar-refractivity contribution in [2.24, 2.45) is 0 Å². The van der Waals surface area contributed by atoms with Crippen LogP contribution in [0.3, 0.4) is 0 Å². The van der Waals surface area contributed by atoms with Crippen LogP contribution >= 0.6 is 0 Å². The molecule has 34 heavy (non-hydrogen) atoms. The fraction of sp³-hybridized carbons (Fsp3) is 0. The van der Waals surface area contributed by atoms with Gasteiger partial charge in [-0.1, -0.05) is 84.9 Å². The average molecular weight is 437 g/mol. The molecule has 0 saturated carbocycles. The Balaban J connectivity index is 1.75. The molecule has 1 heterocycles. The lowest BCUT2D eigenvalue weighted by Crippen LogP contribution is -2.17. The van der Waals surface area contributed by atoms with Crippen LogP contribution in [0, 0.1) is 11.3 Å². The zero-order valence-corrected chi connectivity index (χ0v) is 18.3. The Hall–Kier alpha value is -4.81. The van der Waals surface area contributed by atoms with E-state index in [1.165, 1.54) is 0 Å². The summed E-state index contributed by atoms with van der Waals surface area (Å²) in [6, 6.07) is 43.0. The van der Waals surface area contributed by atoms with E-state index in [0.717, 1.165) is 50.8 Å². The molecule has 160 valence electrons. The fourth-order valence-corrected chi connectivity index (χ4v) is 4.56. The van der Waals surface area contributed by atoms with Gasteiger partial charge in [-0.15, -0.1) is 0 Å². The number of anilines is 3. The molecule has 0 saturated heterocycles. The summed E-state index contributed by atoms with van der Waals surface area (Å²) in [6.07, 6.45) is 0. The number of hydrogen-bond donors (Lipinski definition) is 0. The second kappa shape index (κ2) is 8.27. The van der Waals surface area contributed by atoms with E-state index in [-0.39, 0.29) is 0 Å². The van der Waals surface area contributed by atoms with Gasteiger partial charge in [0, 0.05) is 11.1 Å². The summed E-state index contributed by atoms with van der Waals surface area (Å²) in [5.41, 5.74) is 7.63. The highest BCUT2D eigenvalue weighted by atomic mass is 16.5. The zero-order valence-electron chi connectivity index (χ0n) is 18.3. The molecule has 0 bridgehead atoms. The molecule has 1 aliphatic heterocycles. The van der Waals surface area contributed by atoms with Crippen LogP contribution in [0.2, 0.25) is 0 Å². The van der Waals surface area contributed by atoms with E-state index in [2.05, 4.69) is 47.4 Å². The predicted octanol–water partition coefficient (Wildman–Crippen LogP) is 8.47. The molecule has 3 heteroatoms. The first-order valence-corrected chi connectivity index (χ1v) is 11.2. The molecule has 0 spiro atoms. The second-order valence-corrected chi connectivity index (χ2v) is 8.14. The van der Waals surface area contributed by atoms with Crippen molar-refractivity contribution in [3.8, 4) is 39.8 Å². The SMILES string of the molecule is N#Cc1cc(-c2ccccc2)c(N2c3ccccc3Oc3ccccc32)c(-c2ccccc2)c1. The van der Waals surface area contributed by atoms with Crippen molar-refractivity contribution in [2.75, 3.05) is 4.90 Å². The topological polar surface area (TPSA) is 36.3 Å².